The summed E-state index contributed by atoms with van der Waals surface area (Å²) in [5.74, 6) is 5.34. The second-order valence-corrected chi connectivity index (χ2v) is 7.15. The maximum Gasteiger partial charge on any atom is 0.251 e. The molecule has 0 radical (unpaired) electrons. The fourth-order valence-electron chi connectivity index (χ4n) is 4.29. The predicted molar refractivity (Wildman–Crippen MR) is 116 cm³/mol. The van der Waals surface area contributed by atoms with Gasteiger partial charge in [0.15, 0.2) is 0 Å². The van der Waals surface area contributed by atoms with E-state index < -0.39 is 5.41 Å². The van der Waals surface area contributed by atoms with Crippen LogP contribution < -0.4 is 33.5 Å². The van der Waals surface area contributed by atoms with Gasteiger partial charge in [0, 0.05) is 25.2 Å². The highest BCUT2D eigenvalue weighted by molar-refractivity contribution is 5.99. The van der Waals surface area contributed by atoms with Gasteiger partial charge in [-0.25, -0.2) is 11.4 Å². The number of amides is 2. The van der Waals surface area contributed by atoms with Crippen molar-refractivity contribution in [2.75, 3.05) is 20.6 Å². The highest BCUT2D eigenvalue weighted by atomic mass is 16.2. The Morgan fingerprint density at radius 2 is 1.50 bits per heavy atom. The molecule has 0 unspecified atom stereocenters. The summed E-state index contributed by atoms with van der Waals surface area (Å²) < 4.78 is 0. The molecule has 0 atom stereocenters. The van der Waals surface area contributed by atoms with Crippen molar-refractivity contribution in [2.45, 2.75) is 18.3 Å². The Kier molecular flexibility index (Phi) is 6.04. The molecule has 0 aromatic heterocycles. The van der Waals surface area contributed by atoms with Gasteiger partial charge >= 0.3 is 0 Å². The summed E-state index contributed by atoms with van der Waals surface area (Å²) in [6.45, 7) is 0.341. The quantitative estimate of drug-likeness (QED) is 0.166. The number of rotatable bonds is 6. The highest BCUT2D eigenvalue weighted by Crippen LogP contribution is 2.44. The summed E-state index contributed by atoms with van der Waals surface area (Å²) in [6, 6.07) is 11.0. The number of hydrazone groups is 1. The van der Waals surface area contributed by atoms with E-state index in [1.165, 1.54) is 0 Å². The summed E-state index contributed by atoms with van der Waals surface area (Å²) in [7, 11) is 3.17. The Morgan fingerprint density at radius 3 is 1.90 bits per heavy atom. The fourth-order valence-corrected chi connectivity index (χ4v) is 4.29. The van der Waals surface area contributed by atoms with Crippen molar-refractivity contribution in [3.63, 3.8) is 0 Å². The number of hydrazine groups is 1. The molecule has 1 aliphatic carbocycles. The number of carbonyl (C=O) groups is 2. The monoisotopic (exact) mass is 409 g/mol. The first-order chi connectivity index (χ1) is 14.4. The van der Waals surface area contributed by atoms with E-state index in [4.69, 9.17) is 17.3 Å². The molecular formula is C21H27N7O2. The Hall–Kier alpha value is -3.43. The second kappa shape index (κ2) is 8.52. The molecule has 9 heteroatoms. The number of nitrogens with two attached hydrogens (primary N) is 3. The number of benzene rings is 2. The first-order valence-electron chi connectivity index (χ1n) is 9.63. The lowest BCUT2D eigenvalue weighted by Crippen LogP contribution is -2.48. The summed E-state index contributed by atoms with van der Waals surface area (Å²) in [5.41, 5.74) is 18.6. The molecule has 2 aromatic carbocycles. The maximum atomic E-state index is 12.2. The molecule has 0 fully saturated rings. The van der Waals surface area contributed by atoms with Crippen LogP contribution >= 0.6 is 0 Å². The van der Waals surface area contributed by atoms with E-state index in [-0.39, 0.29) is 17.6 Å². The molecule has 0 saturated carbocycles. The van der Waals surface area contributed by atoms with Gasteiger partial charge in [-0.15, -0.1) is 0 Å². The van der Waals surface area contributed by atoms with Crippen molar-refractivity contribution in [3.05, 3.63) is 69.8 Å². The van der Waals surface area contributed by atoms with Gasteiger partial charge in [-0.3, -0.25) is 9.59 Å². The molecular weight excluding hydrogens is 382 g/mol. The van der Waals surface area contributed by atoms with Crippen molar-refractivity contribution in [1.82, 2.24) is 16.2 Å². The molecule has 0 aliphatic heterocycles. The number of fused-ring (bicyclic) bond motifs is 2. The van der Waals surface area contributed by atoms with Crippen molar-refractivity contribution in [1.29, 1.82) is 0 Å². The molecule has 2 amide bonds. The molecule has 9 N–H and O–H groups in total. The number of carbonyl (C=O) groups excluding carboxylic acids is 2. The number of hydrogen-bond acceptors (Lipinski definition) is 6. The Balaban J connectivity index is 2.32. The van der Waals surface area contributed by atoms with Crippen LogP contribution in [0.3, 0.4) is 0 Å². The normalized spacial score (nSPS) is 14.3. The van der Waals surface area contributed by atoms with Crippen LogP contribution in [-0.2, 0) is 11.8 Å². The van der Waals surface area contributed by atoms with Crippen LogP contribution in [0.15, 0.2) is 41.5 Å². The zero-order valence-electron chi connectivity index (χ0n) is 17.1. The number of nitrogens with zero attached hydrogens (tertiary/aromatic N) is 1. The SMILES string of the molecule is CNC(=O)c1ccc2c(c1)Cc1cc(C(=O)NC)ccc1C2(CCN)/C(N)=N/NN. The standard InChI is InChI=1S/C21H27N7O2/c1-25-18(29)12-3-5-16-14(9-12)11-15-10-13(19(30)26-2)4-6-17(15)21(16,7-8-22)20(23)27-28-24/h3-6,9-10,28H,7-8,11,22,24H2,1-2H3,(H2,23,27)(H,25,29)(H,26,30). The summed E-state index contributed by atoms with van der Waals surface area (Å²) in [6.07, 6.45) is 1.01. The van der Waals surface area contributed by atoms with Gasteiger partial charge in [0.1, 0.15) is 5.84 Å². The summed E-state index contributed by atoms with van der Waals surface area (Å²) >= 11 is 0. The van der Waals surface area contributed by atoms with Crippen LogP contribution in [0.4, 0.5) is 0 Å². The lowest BCUT2D eigenvalue weighted by Gasteiger charge is -2.40. The van der Waals surface area contributed by atoms with E-state index in [1.54, 1.807) is 26.2 Å². The molecule has 0 bridgehead atoms. The molecule has 2 aromatic rings. The van der Waals surface area contributed by atoms with E-state index in [1.807, 2.05) is 24.3 Å². The third-order valence-corrected chi connectivity index (χ3v) is 5.63. The average Bonchev–Trinajstić information content (AvgIpc) is 2.77. The van der Waals surface area contributed by atoms with Crippen molar-refractivity contribution < 1.29 is 9.59 Å². The van der Waals surface area contributed by atoms with Crippen molar-refractivity contribution in [3.8, 4) is 0 Å². The molecule has 158 valence electrons. The van der Waals surface area contributed by atoms with Crippen molar-refractivity contribution in [2.24, 2.45) is 22.4 Å². The molecule has 30 heavy (non-hydrogen) atoms. The van der Waals surface area contributed by atoms with Gasteiger partial charge in [0.25, 0.3) is 11.8 Å². The molecule has 0 heterocycles. The van der Waals surface area contributed by atoms with Gasteiger partial charge in [0.05, 0.1) is 5.41 Å². The summed E-state index contributed by atoms with van der Waals surface area (Å²) in [4.78, 5) is 24.4. The highest BCUT2D eigenvalue weighted by Gasteiger charge is 2.44. The lowest BCUT2D eigenvalue weighted by molar-refractivity contribution is 0.0955. The third kappa shape index (κ3) is 3.38. The second-order valence-electron chi connectivity index (χ2n) is 7.15. The smallest absolute Gasteiger partial charge is 0.251 e. The van der Waals surface area contributed by atoms with Crippen LogP contribution in [-0.4, -0.2) is 38.3 Å². The van der Waals surface area contributed by atoms with E-state index in [2.05, 4.69) is 21.3 Å². The minimum absolute atomic E-state index is 0.183. The van der Waals surface area contributed by atoms with E-state index >= 15 is 0 Å². The topological polar surface area (TPSA) is 161 Å². The minimum atomic E-state index is -0.841. The molecule has 0 spiro atoms. The number of nitrogens with one attached hydrogen (secondary N) is 3. The third-order valence-electron chi connectivity index (χ3n) is 5.63. The number of hydrogen-bond donors (Lipinski definition) is 6. The van der Waals surface area contributed by atoms with E-state index in [0.717, 1.165) is 22.3 Å². The largest absolute Gasteiger partial charge is 0.385 e. The maximum absolute atomic E-state index is 12.2. The molecule has 3 rings (SSSR count). The van der Waals surface area contributed by atoms with Crippen LogP contribution in [0.2, 0.25) is 0 Å². The Morgan fingerprint density at radius 1 is 1.00 bits per heavy atom. The average molecular weight is 409 g/mol. The van der Waals surface area contributed by atoms with Crippen LogP contribution in [0, 0.1) is 0 Å². The Bertz CT molecular complexity index is 951. The number of amidine groups is 1. The van der Waals surface area contributed by atoms with Crippen LogP contribution in [0.25, 0.3) is 0 Å². The molecule has 9 nitrogen and oxygen atoms in total. The predicted octanol–water partition coefficient (Wildman–Crippen LogP) is -0.320. The van der Waals surface area contributed by atoms with Crippen LogP contribution in [0.1, 0.15) is 49.4 Å². The van der Waals surface area contributed by atoms with Crippen LogP contribution in [0.5, 0.6) is 0 Å². The lowest BCUT2D eigenvalue weighted by atomic mass is 9.63. The fraction of sp³-hybridized carbons (Fsp3) is 0.286. The van der Waals surface area contributed by atoms with Gasteiger partial charge in [-0.05, 0) is 65.9 Å². The molecule has 0 saturated heterocycles. The zero-order chi connectivity index (χ0) is 21.9. The van der Waals surface area contributed by atoms with Gasteiger partial charge in [0.2, 0.25) is 0 Å². The first kappa shape index (κ1) is 21.3. The minimum Gasteiger partial charge on any atom is -0.385 e. The Labute approximate surface area is 175 Å². The first-order valence-corrected chi connectivity index (χ1v) is 9.63. The zero-order valence-corrected chi connectivity index (χ0v) is 17.1. The van der Waals surface area contributed by atoms with Gasteiger partial charge < -0.3 is 22.1 Å². The molecule has 1 aliphatic rings. The van der Waals surface area contributed by atoms with Gasteiger partial charge in [-0.2, -0.15) is 5.10 Å². The van der Waals surface area contributed by atoms with E-state index in [9.17, 15) is 9.59 Å². The summed E-state index contributed by atoms with van der Waals surface area (Å²) in [5, 5.41) is 9.37. The van der Waals surface area contributed by atoms with Crippen molar-refractivity contribution >= 4 is 17.6 Å². The van der Waals surface area contributed by atoms with E-state index in [0.29, 0.717) is 30.5 Å². The van der Waals surface area contributed by atoms with Gasteiger partial charge in [-0.1, -0.05) is 12.1 Å².